The van der Waals surface area contributed by atoms with Gasteiger partial charge < -0.3 is 15.7 Å². The SMILES string of the molecule is CCCn1cc(Nc2cc(-n3ncc4cc(Cl)cnc43)ncc2C(=O)NCC(F)C(C)(C)O)cn1. The van der Waals surface area contributed by atoms with E-state index in [1.165, 1.54) is 30.9 Å². The number of aromatic nitrogens is 6. The summed E-state index contributed by atoms with van der Waals surface area (Å²) in [6.45, 7) is 5.13. The molecule has 35 heavy (non-hydrogen) atoms. The Morgan fingerprint density at radius 1 is 1.20 bits per heavy atom. The zero-order valence-corrected chi connectivity index (χ0v) is 20.3. The average Bonchev–Trinajstić information content (AvgIpc) is 3.43. The molecule has 1 atom stereocenters. The topological polar surface area (TPSA) is 123 Å². The summed E-state index contributed by atoms with van der Waals surface area (Å²) >= 11 is 6.03. The van der Waals surface area contributed by atoms with Crippen molar-refractivity contribution in [2.45, 2.75) is 45.5 Å². The monoisotopic (exact) mass is 500 g/mol. The van der Waals surface area contributed by atoms with Crippen molar-refractivity contribution >= 4 is 39.9 Å². The summed E-state index contributed by atoms with van der Waals surface area (Å²) in [6, 6.07) is 3.39. The Balaban J connectivity index is 1.68. The summed E-state index contributed by atoms with van der Waals surface area (Å²) in [7, 11) is 0. The highest BCUT2D eigenvalue weighted by molar-refractivity contribution is 6.31. The number of amides is 1. The van der Waals surface area contributed by atoms with Gasteiger partial charge in [0.05, 0.1) is 46.5 Å². The third-order valence-corrected chi connectivity index (χ3v) is 5.51. The van der Waals surface area contributed by atoms with Gasteiger partial charge in [0.1, 0.15) is 6.17 Å². The second kappa shape index (κ2) is 9.96. The highest BCUT2D eigenvalue weighted by Crippen LogP contribution is 2.25. The molecular weight excluding hydrogens is 475 g/mol. The molecular formula is C23H26ClFN8O2. The van der Waals surface area contributed by atoms with Crippen molar-refractivity contribution in [3.8, 4) is 5.82 Å². The number of anilines is 2. The molecule has 0 radical (unpaired) electrons. The van der Waals surface area contributed by atoms with E-state index in [9.17, 15) is 14.3 Å². The molecule has 4 heterocycles. The minimum atomic E-state index is -1.64. The predicted molar refractivity (Wildman–Crippen MR) is 131 cm³/mol. The standard InChI is InChI=1S/C23H26ClFN8O2/c1-4-5-32-13-16(10-29-32)31-18-7-20(33-21-14(8-30-33)6-15(24)9-27-21)26-11-17(18)22(34)28-12-19(25)23(2,3)35/h6-11,13,19,35H,4-5,12H2,1-3H3,(H,26,31)(H,28,34). The van der Waals surface area contributed by atoms with Crippen molar-refractivity contribution in [2.24, 2.45) is 0 Å². The predicted octanol–water partition coefficient (Wildman–Crippen LogP) is 3.66. The van der Waals surface area contributed by atoms with Crippen LogP contribution in [-0.2, 0) is 6.54 Å². The molecule has 0 saturated carbocycles. The Morgan fingerprint density at radius 2 is 2.00 bits per heavy atom. The molecule has 3 N–H and O–H groups in total. The van der Waals surface area contributed by atoms with E-state index in [1.54, 1.807) is 29.2 Å². The number of nitrogens with zero attached hydrogens (tertiary/aromatic N) is 6. The quantitative estimate of drug-likeness (QED) is 0.320. The van der Waals surface area contributed by atoms with E-state index in [1.807, 2.05) is 13.1 Å². The first-order valence-corrected chi connectivity index (χ1v) is 11.5. The van der Waals surface area contributed by atoms with Gasteiger partial charge in [-0.05, 0) is 26.3 Å². The van der Waals surface area contributed by atoms with E-state index in [-0.39, 0.29) is 12.1 Å². The van der Waals surface area contributed by atoms with Gasteiger partial charge in [0.25, 0.3) is 5.91 Å². The van der Waals surface area contributed by atoms with Gasteiger partial charge in [0.2, 0.25) is 0 Å². The van der Waals surface area contributed by atoms with Gasteiger partial charge in [-0.2, -0.15) is 14.9 Å². The van der Waals surface area contributed by atoms with Crippen LogP contribution in [0.15, 0.2) is 43.1 Å². The van der Waals surface area contributed by atoms with E-state index in [0.717, 1.165) is 18.4 Å². The summed E-state index contributed by atoms with van der Waals surface area (Å²) in [4.78, 5) is 21.7. The summed E-state index contributed by atoms with van der Waals surface area (Å²) in [5.41, 5.74) is 0.236. The Labute approximate surface area is 206 Å². The number of halogens is 2. The van der Waals surface area contributed by atoms with Crippen molar-refractivity contribution in [3.05, 3.63) is 53.7 Å². The lowest BCUT2D eigenvalue weighted by molar-refractivity contribution is -0.00177. The van der Waals surface area contributed by atoms with Crippen LogP contribution in [0.3, 0.4) is 0 Å². The number of carbonyl (C=O) groups is 1. The molecule has 0 aromatic carbocycles. The molecule has 0 bridgehead atoms. The van der Waals surface area contributed by atoms with Crippen LogP contribution in [0.4, 0.5) is 15.8 Å². The number of fused-ring (bicyclic) bond motifs is 1. The van der Waals surface area contributed by atoms with Gasteiger partial charge in [0, 0.05) is 36.6 Å². The van der Waals surface area contributed by atoms with Gasteiger partial charge in [0.15, 0.2) is 11.5 Å². The minimum absolute atomic E-state index is 0.187. The fraction of sp³-hybridized carbons (Fsp3) is 0.348. The Kier molecular flexibility index (Phi) is 6.99. The molecule has 1 amide bonds. The van der Waals surface area contributed by atoms with Gasteiger partial charge in [-0.25, -0.2) is 14.4 Å². The zero-order valence-electron chi connectivity index (χ0n) is 19.5. The maximum Gasteiger partial charge on any atom is 0.255 e. The van der Waals surface area contributed by atoms with Gasteiger partial charge in [-0.15, -0.1) is 0 Å². The fourth-order valence-electron chi connectivity index (χ4n) is 3.37. The van der Waals surface area contributed by atoms with Crippen LogP contribution in [-0.4, -0.2) is 58.9 Å². The van der Waals surface area contributed by atoms with E-state index < -0.39 is 17.7 Å². The Morgan fingerprint density at radius 3 is 2.74 bits per heavy atom. The highest BCUT2D eigenvalue weighted by Gasteiger charge is 2.27. The van der Waals surface area contributed by atoms with E-state index in [0.29, 0.717) is 27.9 Å². The molecule has 4 aromatic rings. The molecule has 4 rings (SSSR count). The Bertz CT molecular complexity index is 1350. The lowest BCUT2D eigenvalue weighted by atomic mass is 10.0. The first-order valence-electron chi connectivity index (χ1n) is 11.1. The second-order valence-corrected chi connectivity index (χ2v) is 9.10. The molecule has 0 aliphatic rings. The third-order valence-electron chi connectivity index (χ3n) is 5.30. The summed E-state index contributed by atoms with van der Waals surface area (Å²) in [5, 5.41) is 25.4. The van der Waals surface area contributed by atoms with E-state index in [2.05, 4.69) is 30.8 Å². The van der Waals surface area contributed by atoms with Crippen LogP contribution in [0.5, 0.6) is 0 Å². The first kappa shape index (κ1) is 24.6. The number of hydrogen-bond acceptors (Lipinski definition) is 7. The minimum Gasteiger partial charge on any atom is -0.387 e. The summed E-state index contributed by atoms with van der Waals surface area (Å²) in [5.74, 6) is -0.135. The number of aryl methyl sites for hydroxylation is 1. The smallest absolute Gasteiger partial charge is 0.255 e. The molecule has 10 nitrogen and oxygen atoms in total. The maximum absolute atomic E-state index is 14.2. The van der Waals surface area contributed by atoms with Crippen molar-refractivity contribution < 1.29 is 14.3 Å². The molecule has 12 heteroatoms. The third kappa shape index (κ3) is 5.57. The van der Waals surface area contributed by atoms with Crippen molar-refractivity contribution in [3.63, 3.8) is 0 Å². The number of nitrogens with one attached hydrogen (secondary N) is 2. The van der Waals surface area contributed by atoms with Crippen LogP contribution in [0.1, 0.15) is 37.6 Å². The molecule has 4 aromatic heterocycles. The van der Waals surface area contributed by atoms with E-state index >= 15 is 0 Å². The number of pyridine rings is 2. The average molecular weight is 501 g/mol. The molecule has 0 spiro atoms. The summed E-state index contributed by atoms with van der Waals surface area (Å²) in [6.07, 6.45) is 7.27. The number of hydrogen-bond donors (Lipinski definition) is 3. The fourth-order valence-corrected chi connectivity index (χ4v) is 3.54. The molecule has 0 aliphatic heterocycles. The Hall–Kier alpha value is -3.57. The van der Waals surface area contributed by atoms with Crippen LogP contribution < -0.4 is 10.6 Å². The van der Waals surface area contributed by atoms with Crippen LogP contribution in [0.2, 0.25) is 5.02 Å². The van der Waals surface area contributed by atoms with Gasteiger partial charge in [-0.3, -0.25) is 9.48 Å². The van der Waals surface area contributed by atoms with Crippen LogP contribution in [0, 0.1) is 0 Å². The number of rotatable bonds is 9. The van der Waals surface area contributed by atoms with Crippen molar-refractivity contribution in [1.29, 1.82) is 0 Å². The van der Waals surface area contributed by atoms with Gasteiger partial charge in [-0.1, -0.05) is 18.5 Å². The number of aliphatic hydroxyl groups is 1. The lowest BCUT2D eigenvalue weighted by Crippen LogP contribution is -2.42. The van der Waals surface area contributed by atoms with E-state index in [4.69, 9.17) is 11.6 Å². The molecule has 0 fully saturated rings. The normalized spacial score (nSPS) is 12.6. The second-order valence-electron chi connectivity index (χ2n) is 8.66. The maximum atomic E-state index is 14.2. The van der Waals surface area contributed by atoms with Crippen LogP contribution in [0.25, 0.3) is 16.9 Å². The largest absolute Gasteiger partial charge is 0.387 e. The molecule has 184 valence electrons. The van der Waals surface area contributed by atoms with Crippen molar-refractivity contribution in [1.82, 2.24) is 34.8 Å². The van der Waals surface area contributed by atoms with Crippen LogP contribution >= 0.6 is 11.6 Å². The number of carbonyl (C=O) groups excluding carboxylic acids is 1. The van der Waals surface area contributed by atoms with Gasteiger partial charge >= 0.3 is 0 Å². The zero-order chi connectivity index (χ0) is 25.2. The lowest BCUT2D eigenvalue weighted by Gasteiger charge is -2.22. The number of alkyl halides is 1. The molecule has 1 unspecified atom stereocenters. The highest BCUT2D eigenvalue weighted by atomic mass is 35.5. The molecule has 0 aliphatic carbocycles. The first-order chi connectivity index (χ1) is 16.7. The summed E-state index contributed by atoms with van der Waals surface area (Å²) < 4.78 is 17.5. The molecule has 0 saturated heterocycles. The van der Waals surface area contributed by atoms with Crippen molar-refractivity contribution in [2.75, 3.05) is 11.9 Å².